The van der Waals surface area contributed by atoms with Crippen LogP contribution in [0, 0.1) is 0 Å². The van der Waals surface area contributed by atoms with Gasteiger partial charge in [-0.15, -0.1) is 11.3 Å². The van der Waals surface area contributed by atoms with Crippen LogP contribution in [0.3, 0.4) is 0 Å². The van der Waals surface area contributed by atoms with E-state index in [2.05, 4.69) is 5.32 Å². The summed E-state index contributed by atoms with van der Waals surface area (Å²) in [7, 11) is 0. The second kappa shape index (κ2) is 9.01. The lowest BCUT2D eigenvalue weighted by Crippen LogP contribution is -2.54. The van der Waals surface area contributed by atoms with E-state index in [1.165, 1.54) is 11.3 Å². The summed E-state index contributed by atoms with van der Waals surface area (Å²) in [5, 5.41) is 23.8. The lowest BCUT2D eigenvalue weighted by molar-refractivity contribution is -0.127. The van der Waals surface area contributed by atoms with Crippen molar-refractivity contribution in [2.45, 2.75) is 37.8 Å². The van der Waals surface area contributed by atoms with Crippen LogP contribution in [0.1, 0.15) is 34.5 Å². The molecule has 0 spiro atoms. The highest BCUT2D eigenvalue weighted by Crippen LogP contribution is 2.22. The van der Waals surface area contributed by atoms with Gasteiger partial charge in [0.25, 0.3) is 5.91 Å². The zero-order valence-electron chi connectivity index (χ0n) is 15.0. The fourth-order valence-corrected chi connectivity index (χ4v) is 4.04. The van der Waals surface area contributed by atoms with Crippen LogP contribution < -0.4 is 5.32 Å². The molecular formula is C20H24N2O4S. The summed E-state index contributed by atoms with van der Waals surface area (Å²) >= 11 is 1.38. The van der Waals surface area contributed by atoms with Gasteiger partial charge < -0.3 is 20.4 Å². The molecule has 1 aromatic heterocycles. The smallest absolute Gasteiger partial charge is 0.264 e. The Balaban J connectivity index is 1.66. The van der Waals surface area contributed by atoms with Crippen LogP contribution in [-0.2, 0) is 11.2 Å². The molecule has 2 amide bonds. The van der Waals surface area contributed by atoms with Gasteiger partial charge in [-0.25, -0.2) is 0 Å². The van der Waals surface area contributed by atoms with Crippen molar-refractivity contribution in [2.24, 2.45) is 0 Å². The van der Waals surface area contributed by atoms with E-state index < -0.39 is 12.1 Å². The number of phenols is 1. The quantitative estimate of drug-likeness (QED) is 0.707. The first kappa shape index (κ1) is 19.4. The van der Waals surface area contributed by atoms with Gasteiger partial charge in [0, 0.05) is 6.54 Å². The molecule has 2 heterocycles. The van der Waals surface area contributed by atoms with Gasteiger partial charge in [-0.1, -0.05) is 18.2 Å². The number of likely N-dealkylation sites (tertiary alicyclic amines) is 1. The van der Waals surface area contributed by atoms with Crippen molar-refractivity contribution < 1.29 is 19.8 Å². The lowest BCUT2D eigenvalue weighted by atomic mass is 10.00. The molecule has 1 saturated heterocycles. The first-order valence-corrected chi connectivity index (χ1v) is 10.00. The number of carbonyl (C=O) groups is 2. The Bertz CT molecular complexity index is 761. The Kier molecular flexibility index (Phi) is 6.47. The van der Waals surface area contributed by atoms with Gasteiger partial charge in [-0.05, 0) is 54.8 Å². The molecule has 3 rings (SSSR count). The second-order valence-corrected chi connectivity index (χ2v) is 7.69. The SMILES string of the molecule is O=C(N[C@H](CO)Cc1ccc(O)cc1)C1CCCCN1C(=O)c1cccs1. The second-order valence-electron chi connectivity index (χ2n) is 6.75. The minimum Gasteiger partial charge on any atom is -0.508 e. The van der Waals surface area contributed by atoms with Crippen molar-refractivity contribution in [3.05, 3.63) is 52.2 Å². The first-order valence-electron chi connectivity index (χ1n) is 9.12. The predicted octanol–water partition coefficient (Wildman–Crippen LogP) is 2.17. The number of thiophene rings is 1. The number of aliphatic hydroxyl groups is 1. The normalized spacial score (nSPS) is 18.1. The van der Waals surface area contributed by atoms with Gasteiger partial charge in [0.15, 0.2) is 0 Å². The molecule has 0 aliphatic carbocycles. The van der Waals surface area contributed by atoms with Crippen molar-refractivity contribution in [2.75, 3.05) is 13.2 Å². The van der Waals surface area contributed by atoms with Crippen molar-refractivity contribution in [1.82, 2.24) is 10.2 Å². The number of benzene rings is 1. The molecule has 7 heteroatoms. The third-order valence-electron chi connectivity index (χ3n) is 4.78. The van der Waals surface area contributed by atoms with E-state index in [4.69, 9.17) is 0 Å². The molecule has 0 bridgehead atoms. The van der Waals surface area contributed by atoms with Crippen molar-refractivity contribution in [3.8, 4) is 5.75 Å². The molecule has 144 valence electrons. The minimum atomic E-state index is -0.512. The van der Waals surface area contributed by atoms with Crippen LogP contribution in [0.5, 0.6) is 5.75 Å². The number of rotatable bonds is 6. The Morgan fingerprint density at radius 3 is 2.67 bits per heavy atom. The van der Waals surface area contributed by atoms with Gasteiger partial charge in [-0.2, -0.15) is 0 Å². The molecular weight excluding hydrogens is 364 g/mol. The minimum absolute atomic E-state index is 0.107. The molecule has 27 heavy (non-hydrogen) atoms. The maximum absolute atomic E-state index is 12.8. The van der Waals surface area contributed by atoms with E-state index >= 15 is 0 Å². The zero-order chi connectivity index (χ0) is 19.2. The van der Waals surface area contributed by atoms with Crippen molar-refractivity contribution in [1.29, 1.82) is 0 Å². The van der Waals surface area contributed by atoms with E-state index in [1.807, 2.05) is 11.4 Å². The first-order chi connectivity index (χ1) is 13.1. The summed E-state index contributed by atoms with van der Waals surface area (Å²) in [6.45, 7) is 0.370. The maximum Gasteiger partial charge on any atom is 0.264 e. The highest BCUT2D eigenvalue weighted by Gasteiger charge is 2.33. The van der Waals surface area contributed by atoms with Crippen LogP contribution in [0.15, 0.2) is 41.8 Å². The molecule has 1 aliphatic rings. The van der Waals surface area contributed by atoms with Crippen LogP contribution in [0.2, 0.25) is 0 Å². The molecule has 2 aromatic rings. The molecule has 0 radical (unpaired) electrons. The number of amides is 2. The molecule has 6 nitrogen and oxygen atoms in total. The average Bonchev–Trinajstić information content (AvgIpc) is 3.23. The van der Waals surface area contributed by atoms with Crippen molar-refractivity contribution >= 4 is 23.2 Å². The molecule has 1 fully saturated rings. The van der Waals surface area contributed by atoms with E-state index in [-0.39, 0.29) is 24.2 Å². The average molecular weight is 388 g/mol. The van der Waals surface area contributed by atoms with E-state index in [9.17, 15) is 19.8 Å². The number of phenolic OH excluding ortho intramolecular Hbond substituents is 1. The van der Waals surface area contributed by atoms with Gasteiger partial charge in [-0.3, -0.25) is 9.59 Å². The van der Waals surface area contributed by atoms with Crippen molar-refractivity contribution in [3.63, 3.8) is 0 Å². The van der Waals surface area contributed by atoms with Gasteiger partial charge >= 0.3 is 0 Å². The fourth-order valence-electron chi connectivity index (χ4n) is 3.36. The van der Waals surface area contributed by atoms with Gasteiger partial charge in [0.1, 0.15) is 11.8 Å². The molecule has 1 unspecified atom stereocenters. The number of piperidine rings is 1. The number of nitrogens with zero attached hydrogens (tertiary/aromatic N) is 1. The van der Waals surface area contributed by atoms with Crippen LogP contribution in [0.25, 0.3) is 0 Å². The summed E-state index contributed by atoms with van der Waals surface area (Å²) in [4.78, 5) is 27.9. The van der Waals surface area contributed by atoms with Gasteiger partial charge in [0.2, 0.25) is 5.91 Å². The Labute approximate surface area is 162 Å². The Morgan fingerprint density at radius 1 is 1.22 bits per heavy atom. The molecule has 0 saturated carbocycles. The Hall–Kier alpha value is -2.38. The highest BCUT2D eigenvalue weighted by atomic mass is 32.1. The van der Waals surface area contributed by atoms with E-state index in [1.54, 1.807) is 35.2 Å². The molecule has 1 aliphatic heterocycles. The number of aliphatic hydroxyl groups excluding tert-OH is 1. The van der Waals surface area contributed by atoms with Crippen LogP contribution >= 0.6 is 11.3 Å². The standard InChI is InChI=1S/C20H24N2O4S/c23-13-15(12-14-6-8-16(24)9-7-14)21-19(25)17-4-1-2-10-22(17)20(26)18-5-3-11-27-18/h3,5-9,11,15,17,23-24H,1-2,4,10,12-13H2,(H,21,25)/t15-,17?/m0/s1. The maximum atomic E-state index is 12.8. The number of nitrogens with one attached hydrogen (secondary N) is 1. The largest absolute Gasteiger partial charge is 0.508 e. The topological polar surface area (TPSA) is 89.9 Å². The summed E-state index contributed by atoms with van der Waals surface area (Å²) in [5.41, 5.74) is 0.905. The van der Waals surface area contributed by atoms with E-state index in [0.29, 0.717) is 24.3 Å². The molecule has 3 N–H and O–H groups in total. The lowest BCUT2D eigenvalue weighted by Gasteiger charge is -2.35. The summed E-state index contributed by atoms with van der Waals surface area (Å²) in [6.07, 6.45) is 2.86. The Morgan fingerprint density at radius 2 is 2.00 bits per heavy atom. The highest BCUT2D eigenvalue weighted by molar-refractivity contribution is 7.12. The number of hydrogen-bond donors (Lipinski definition) is 3. The number of aromatic hydroxyl groups is 1. The zero-order valence-corrected chi connectivity index (χ0v) is 15.8. The predicted molar refractivity (Wildman–Crippen MR) is 104 cm³/mol. The third kappa shape index (κ3) is 4.87. The summed E-state index contributed by atoms with van der Waals surface area (Å²) in [5.74, 6) is -0.158. The molecule has 1 aromatic carbocycles. The van der Waals surface area contributed by atoms with E-state index in [0.717, 1.165) is 18.4 Å². The number of hydrogen-bond acceptors (Lipinski definition) is 5. The molecule has 2 atom stereocenters. The fraction of sp³-hybridized carbons (Fsp3) is 0.400. The summed E-state index contributed by atoms with van der Waals surface area (Å²) < 4.78 is 0. The third-order valence-corrected chi connectivity index (χ3v) is 5.64. The number of carbonyl (C=O) groups excluding carboxylic acids is 2. The van der Waals surface area contributed by atoms with Crippen LogP contribution in [0.4, 0.5) is 0 Å². The van der Waals surface area contributed by atoms with Crippen LogP contribution in [-0.4, -0.2) is 52.2 Å². The summed E-state index contributed by atoms with van der Waals surface area (Å²) in [6, 6.07) is 9.33. The monoisotopic (exact) mass is 388 g/mol. The van der Waals surface area contributed by atoms with Gasteiger partial charge in [0.05, 0.1) is 17.5 Å².